The van der Waals surface area contributed by atoms with Crippen LogP contribution in [0, 0.1) is 0 Å². The van der Waals surface area contributed by atoms with Crippen LogP contribution < -0.4 is 4.31 Å². The number of esters is 1. The number of carbonyl (C=O) groups excluding carboxylic acids is 1. The minimum atomic E-state index is -3.98. The van der Waals surface area contributed by atoms with Gasteiger partial charge in [-0.1, -0.05) is 23.7 Å². The first kappa shape index (κ1) is 20.8. The quantitative estimate of drug-likeness (QED) is 0.522. The molecule has 0 atom stereocenters. The molecule has 0 bridgehead atoms. The van der Waals surface area contributed by atoms with Gasteiger partial charge in [-0.05, 0) is 61.0 Å². The zero-order chi connectivity index (χ0) is 20.9. The van der Waals surface area contributed by atoms with Gasteiger partial charge in [-0.25, -0.2) is 13.2 Å². The normalized spacial score (nSPS) is 11.1. The molecule has 150 valence electrons. The first-order valence-corrected chi connectivity index (χ1v) is 10.7. The van der Waals surface area contributed by atoms with Gasteiger partial charge in [0.15, 0.2) is 0 Å². The Morgan fingerprint density at radius 3 is 2.52 bits per heavy atom. The van der Waals surface area contributed by atoms with Crippen LogP contribution in [0.25, 0.3) is 0 Å². The first-order chi connectivity index (χ1) is 13.9. The van der Waals surface area contributed by atoms with E-state index in [1.807, 2.05) is 0 Å². The summed E-state index contributed by atoms with van der Waals surface area (Å²) >= 11 is 5.96. The van der Waals surface area contributed by atoms with E-state index in [4.69, 9.17) is 16.3 Å². The van der Waals surface area contributed by atoms with Crippen molar-refractivity contribution in [1.82, 2.24) is 4.98 Å². The standard InChI is InChI=1S/C21H19ClN2O4S/c1-2-28-21(25)17-6-3-7-20(13-17)29(26,27)24(15-16-5-4-12-23-14-16)19-10-8-18(22)9-11-19/h3-14H,2,15H2,1H3. The average molecular weight is 431 g/mol. The fourth-order valence-corrected chi connectivity index (χ4v) is 4.33. The van der Waals surface area contributed by atoms with Crippen molar-refractivity contribution < 1.29 is 17.9 Å². The summed E-state index contributed by atoms with van der Waals surface area (Å²) in [4.78, 5) is 16.1. The highest BCUT2D eigenvalue weighted by Crippen LogP contribution is 2.27. The topological polar surface area (TPSA) is 76.6 Å². The van der Waals surface area contributed by atoms with Gasteiger partial charge >= 0.3 is 5.97 Å². The molecular weight excluding hydrogens is 412 g/mol. The van der Waals surface area contributed by atoms with Crippen LogP contribution in [-0.2, 0) is 21.3 Å². The largest absolute Gasteiger partial charge is 0.462 e. The van der Waals surface area contributed by atoms with Crippen LogP contribution in [0.5, 0.6) is 0 Å². The monoisotopic (exact) mass is 430 g/mol. The molecule has 3 rings (SSSR count). The van der Waals surface area contributed by atoms with Crippen molar-refractivity contribution in [3.05, 3.63) is 89.2 Å². The lowest BCUT2D eigenvalue weighted by Gasteiger charge is -2.25. The van der Waals surface area contributed by atoms with Crippen molar-refractivity contribution >= 4 is 33.3 Å². The highest BCUT2D eigenvalue weighted by molar-refractivity contribution is 7.92. The van der Waals surface area contributed by atoms with E-state index in [1.54, 1.807) is 55.7 Å². The number of ether oxygens (including phenoxy) is 1. The predicted octanol–water partition coefficient (Wildman–Crippen LogP) is 4.31. The van der Waals surface area contributed by atoms with Gasteiger partial charge in [0.25, 0.3) is 10.0 Å². The SMILES string of the molecule is CCOC(=O)c1cccc(S(=O)(=O)N(Cc2cccnc2)c2ccc(Cl)cc2)c1. The number of hydrogen-bond donors (Lipinski definition) is 0. The number of benzene rings is 2. The van der Waals surface area contributed by atoms with Gasteiger partial charge in [-0.2, -0.15) is 0 Å². The first-order valence-electron chi connectivity index (χ1n) is 8.86. The molecule has 1 heterocycles. The van der Waals surface area contributed by atoms with E-state index in [1.165, 1.54) is 28.6 Å². The third-order valence-electron chi connectivity index (χ3n) is 4.10. The molecule has 0 N–H and O–H groups in total. The number of halogens is 1. The van der Waals surface area contributed by atoms with Crippen LogP contribution in [0.4, 0.5) is 5.69 Å². The van der Waals surface area contributed by atoms with E-state index < -0.39 is 16.0 Å². The van der Waals surface area contributed by atoms with Crippen molar-refractivity contribution in [3.8, 4) is 0 Å². The van der Waals surface area contributed by atoms with Gasteiger partial charge in [0.05, 0.1) is 29.3 Å². The Labute approximate surface area is 174 Å². The van der Waals surface area contributed by atoms with E-state index >= 15 is 0 Å². The van der Waals surface area contributed by atoms with E-state index in [2.05, 4.69) is 4.98 Å². The van der Waals surface area contributed by atoms with Crippen LogP contribution in [-0.4, -0.2) is 26.0 Å². The highest BCUT2D eigenvalue weighted by Gasteiger charge is 2.26. The molecule has 0 aliphatic heterocycles. The Kier molecular flexibility index (Phi) is 6.51. The molecule has 0 radical (unpaired) electrons. The van der Waals surface area contributed by atoms with Gasteiger partial charge in [0.2, 0.25) is 0 Å². The molecule has 0 amide bonds. The van der Waals surface area contributed by atoms with Gasteiger partial charge in [-0.15, -0.1) is 0 Å². The van der Waals surface area contributed by atoms with Gasteiger partial charge in [-0.3, -0.25) is 9.29 Å². The average Bonchev–Trinajstić information content (AvgIpc) is 2.74. The van der Waals surface area contributed by atoms with Crippen molar-refractivity contribution in [1.29, 1.82) is 0 Å². The minimum absolute atomic E-state index is 0.0121. The molecule has 2 aromatic carbocycles. The zero-order valence-electron chi connectivity index (χ0n) is 15.7. The minimum Gasteiger partial charge on any atom is -0.462 e. The van der Waals surface area contributed by atoms with Crippen molar-refractivity contribution in [3.63, 3.8) is 0 Å². The number of nitrogens with zero attached hydrogens (tertiary/aromatic N) is 2. The second kappa shape index (κ2) is 9.07. The van der Waals surface area contributed by atoms with Gasteiger partial charge in [0, 0.05) is 17.4 Å². The summed E-state index contributed by atoms with van der Waals surface area (Å²) in [6, 6.07) is 15.8. The number of rotatable bonds is 7. The summed E-state index contributed by atoms with van der Waals surface area (Å²) in [5.74, 6) is -0.574. The maximum Gasteiger partial charge on any atom is 0.338 e. The summed E-state index contributed by atoms with van der Waals surface area (Å²) < 4.78 is 33.2. The predicted molar refractivity (Wildman–Crippen MR) is 111 cm³/mol. The lowest BCUT2D eigenvalue weighted by Crippen LogP contribution is -2.30. The Morgan fingerprint density at radius 2 is 1.86 bits per heavy atom. The smallest absolute Gasteiger partial charge is 0.338 e. The molecule has 0 saturated carbocycles. The highest BCUT2D eigenvalue weighted by atomic mass is 35.5. The van der Waals surface area contributed by atoms with E-state index in [0.29, 0.717) is 16.3 Å². The molecule has 8 heteroatoms. The molecule has 0 spiro atoms. The second-order valence-electron chi connectivity index (χ2n) is 6.10. The summed E-state index contributed by atoms with van der Waals surface area (Å²) in [5.41, 5.74) is 1.33. The van der Waals surface area contributed by atoms with Crippen LogP contribution in [0.2, 0.25) is 5.02 Å². The third kappa shape index (κ3) is 4.93. The molecule has 1 aromatic heterocycles. The number of carbonyl (C=O) groups is 1. The molecule has 0 aliphatic rings. The lowest BCUT2D eigenvalue weighted by atomic mass is 10.2. The Bertz CT molecular complexity index is 1090. The Morgan fingerprint density at radius 1 is 1.10 bits per heavy atom. The third-order valence-corrected chi connectivity index (χ3v) is 6.12. The van der Waals surface area contributed by atoms with Crippen LogP contribution >= 0.6 is 11.6 Å². The van der Waals surface area contributed by atoms with Crippen molar-refractivity contribution in [2.75, 3.05) is 10.9 Å². The Balaban J connectivity index is 2.05. The van der Waals surface area contributed by atoms with E-state index in [0.717, 1.165) is 0 Å². The fraction of sp³-hybridized carbons (Fsp3) is 0.143. The zero-order valence-corrected chi connectivity index (χ0v) is 17.2. The lowest BCUT2D eigenvalue weighted by molar-refractivity contribution is 0.0526. The maximum atomic E-state index is 13.5. The molecule has 3 aromatic rings. The van der Waals surface area contributed by atoms with Crippen molar-refractivity contribution in [2.24, 2.45) is 0 Å². The summed E-state index contributed by atoms with van der Waals surface area (Å²) in [6.45, 7) is 1.96. The van der Waals surface area contributed by atoms with Crippen LogP contribution in [0.15, 0.2) is 78.0 Å². The van der Waals surface area contributed by atoms with Crippen molar-refractivity contribution in [2.45, 2.75) is 18.4 Å². The molecule has 0 unspecified atom stereocenters. The summed E-state index contributed by atoms with van der Waals surface area (Å²) in [6.07, 6.45) is 3.22. The molecular formula is C21H19ClN2O4S. The number of aromatic nitrogens is 1. The number of anilines is 1. The number of hydrogen-bond acceptors (Lipinski definition) is 5. The second-order valence-corrected chi connectivity index (χ2v) is 8.40. The number of pyridine rings is 1. The molecule has 0 aliphatic carbocycles. The summed E-state index contributed by atoms with van der Waals surface area (Å²) in [5, 5.41) is 0.497. The maximum absolute atomic E-state index is 13.5. The fourth-order valence-electron chi connectivity index (χ4n) is 2.71. The van der Waals surface area contributed by atoms with E-state index in [-0.39, 0.29) is 23.6 Å². The van der Waals surface area contributed by atoms with Crippen LogP contribution in [0.1, 0.15) is 22.8 Å². The van der Waals surface area contributed by atoms with E-state index in [9.17, 15) is 13.2 Å². The molecule has 0 fully saturated rings. The Hall–Kier alpha value is -2.90. The molecule has 0 saturated heterocycles. The molecule has 6 nitrogen and oxygen atoms in total. The van der Waals surface area contributed by atoms with Gasteiger partial charge in [0.1, 0.15) is 0 Å². The van der Waals surface area contributed by atoms with Gasteiger partial charge < -0.3 is 4.74 Å². The summed E-state index contributed by atoms with van der Waals surface area (Å²) in [7, 11) is -3.98. The van der Waals surface area contributed by atoms with Crippen LogP contribution in [0.3, 0.4) is 0 Å². The number of sulfonamides is 1. The molecule has 29 heavy (non-hydrogen) atoms.